The predicted molar refractivity (Wildman–Crippen MR) is 70.8 cm³/mol. The van der Waals surface area contributed by atoms with Crippen molar-refractivity contribution >= 4 is 16.6 Å². The molecule has 3 rings (SSSR count). The Labute approximate surface area is 106 Å². The molecular weight excluding hydrogens is 228 g/mol. The largest absolute Gasteiger partial charge is 0.394 e. The fourth-order valence-electron chi connectivity index (χ4n) is 2.42. The number of aromatic nitrogens is 1. The van der Waals surface area contributed by atoms with E-state index >= 15 is 0 Å². The number of morpholine rings is 1. The molecule has 2 aromatic rings. The van der Waals surface area contributed by atoms with E-state index in [2.05, 4.69) is 22.0 Å². The lowest BCUT2D eigenvalue weighted by molar-refractivity contribution is 0.0724. The minimum Gasteiger partial charge on any atom is -0.394 e. The highest BCUT2D eigenvalue weighted by Crippen LogP contribution is 2.26. The minimum absolute atomic E-state index is 0.00273. The second-order valence-electron chi connectivity index (χ2n) is 4.46. The summed E-state index contributed by atoms with van der Waals surface area (Å²) in [4.78, 5) is 6.63. The van der Waals surface area contributed by atoms with Crippen molar-refractivity contribution in [2.45, 2.75) is 6.04 Å². The molecule has 0 spiro atoms. The molecule has 1 saturated heterocycles. The SMILES string of the molecule is OCC1COCCN1c1nccc2ccccc12. The van der Waals surface area contributed by atoms with Crippen LogP contribution in [0.4, 0.5) is 5.82 Å². The highest BCUT2D eigenvalue weighted by molar-refractivity contribution is 5.92. The molecule has 4 heteroatoms. The summed E-state index contributed by atoms with van der Waals surface area (Å²) in [6.45, 7) is 2.10. The molecule has 4 nitrogen and oxygen atoms in total. The summed E-state index contributed by atoms with van der Waals surface area (Å²) >= 11 is 0. The third kappa shape index (κ3) is 1.94. The Kier molecular flexibility index (Phi) is 3.13. The van der Waals surface area contributed by atoms with Gasteiger partial charge in [-0.25, -0.2) is 4.98 Å². The molecule has 18 heavy (non-hydrogen) atoms. The summed E-state index contributed by atoms with van der Waals surface area (Å²) in [6.07, 6.45) is 1.82. The van der Waals surface area contributed by atoms with Crippen LogP contribution in [0.15, 0.2) is 36.5 Å². The van der Waals surface area contributed by atoms with E-state index in [9.17, 15) is 5.11 Å². The topological polar surface area (TPSA) is 45.6 Å². The number of nitrogens with zero attached hydrogens (tertiary/aromatic N) is 2. The predicted octanol–water partition coefficient (Wildman–Crippen LogP) is 1.43. The molecule has 0 bridgehead atoms. The van der Waals surface area contributed by atoms with Gasteiger partial charge >= 0.3 is 0 Å². The van der Waals surface area contributed by atoms with Gasteiger partial charge in [0.25, 0.3) is 0 Å². The highest BCUT2D eigenvalue weighted by Gasteiger charge is 2.24. The van der Waals surface area contributed by atoms with E-state index < -0.39 is 0 Å². The van der Waals surface area contributed by atoms with Crippen LogP contribution in [-0.4, -0.2) is 42.5 Å². The van der Waals surface area contributed by atoms with E-state index in [-0.39, 0.29) is 12.6 Å². The van der Waals surface area contributed by atoms with Gasteiger partial charge in [-0.1, -0.05) is 24.3 Å². The van der Waals surface area contributed by atoms with Crippen LogP contribution >= 0.6 is 0 Å². The fourth-order valence-corrected chi connectivity index (χ4v) is 2.42. The Bertz CT molecular complexity index is 539. The quantitative estimate of drug-likeness (QED) is 0.868. The molecule has 0 amide bonds. The van der Waals surface area contributed by atoms with Crippen LogP contribution in [0.1, 0.15) is 0 Å². The van der Waals surface area contributed by atoms with Crippen molar-refractivity contribution in [3.8, 4) is 0 Å². The summed E-state index contributed by atoms with van der Waals surface area (Å²) in [5.74, 6) is 0.940. The van der Waals surface area contributed by atoms with Crippen LogP contribution in [-0.2, 0) is 4.74 Å². The second-order valence-corrected chi connectivity index (χ2v) is 4.46. The Morgan fingerprint density at radius 3 is 3.11 bits per heavy atom. The molecule has 1 aromatic carbocycles. The van der Waals surface area contributed by atoms with Crippen molar-refractivity contribution in [2.75, 3.05) is 31.3 Å². The zero-order valence-corrected chi connectivity index (χ0v) is 10.1. The fraction of sp³-hybridized carbons (Fsp3) is 0.357. The molecule has 1 aromatic heterocycles. The second kappa shape index (κ2) is 4.92. The smallest absolute Gasteiger partial charge is 0.136 e. The number of hydrogen-bond acceptors (Lipinski definition) is 4. The number of fused-ring (bicyclic) bond motifs is 1. The number of rotatable bonds is 2. The van der Waals surface area contributed by atoms with Gasteiger partial charge in [0.05, 0.1) is 25.9 Å². The number of benzene rings is 1. The maximum absolute atomic E-state index is 9.45. The first-order chi connectivity index (χ1) is 8.90. The average Bonchev–Trinajstić information content (AvgIpc) is 2.46. The molecule has 1 fully saturated rings. The van der Waals surface area contributed by atoms with E-state index in [1.165, 1.54) is 5.39 Å². The van der Waals surface area contributed by atoms with Gasteiger partial charge < -0.3 is 14.7 Å². The maximum atomic E-state index is 9.45. The van der Waals surface area contributed by atoms with Gasteiger partial charge in [0, 0.05) is 18.1 Å². The number of ether oxygens (including phenoxy) is 1. The summed E-state index contributed by atoms with van der Waals surface area (Å²) < 4.78 is 5.41. The number of aliphatic hydroxyl groups excluding tert-OH is 1. The van der Waals surface area contributed by atoms with E-state index in [1.54, 1.807) is 0 Å². The molecular formula is C14H16N2O2. The van der Waals surface area contributed by atoms with E-state index in [1.807, 2.05) is 24.4 Å². The van der Waals surface area contributed by atoms with Gasteiger partial charge in [-0.2, -0.15) is 0 Å². The van der Waals surface area contributed by atoms with Crippen LogP contribution in [0, 0.1) is 0 Å². The monoisotopic (exact) mass is 244 g/mol. The number of aliphatic hydroxyl groups is 1. The Hall–Kier alpha value is -1.65. The average molecular weight is 244 g/mol. The Morgan fingerprint density at radius 2 is 2.22 bits per heavy atom. The molecule has 0 radical (unpaired) electrons. The molecule has 0 aliphatic carbocycles. The van der Waals surface area contributed by atoms with Crippen molar-refractivity contribution in [1.29, 1.82) is 0 Å². The first kappa shape index (κ1) is 11.4. The van der Waals surface area contributed by atoms with Gasteiger partial charge in [0.15, 0.2) is 0 Å². The van der Waals surface area contributed by atoms with E-state index in [0.717, 1.165) is 17.7 Å². The molecule has 0 saturated carbocycles. The first-order valence-corrected chi connectivity index (χ1v) is 6.19. The normalized spacial score (nSPS) is 20.3. The van der Waals surface area contributed by atoms with E-state index in [4.69, 9.17) is 4.74 Å². The van der Waals surface area contributed by atoms with Crippen LogP contribution in [0.3, 0.4) is 0 Å². The number of anilines is 1. The lowest BCUT2D eigenvalue weighted by Gasteiger charge is -2.35. The number of hydrogen-bond donors (Lipinski definition) is 1. The zero-order chi connectivity index (χ0) is 12.4. The first-order valence-electron chi connectivity index (χ1n) is 6.19. The lowest BCUT2D eigenvalue weighted by Crippen LogP contribution is -2.48. The van der Waals surface area contributed by atoms with Gasteiger partial charge in [-0.05, 0) is 11.5 Å². The Balaban J connectivity index is 2.07. The van der Waals surface area contributed by atoms with Gasteiger partial charge in [0.1, 0.15) is 5.82 Å². The van der Waals surface area contributed by atoms with Gasteiger partial charge in [0.2, 0.25) is 0 Å². The summed E-state index contributed by atoms with van der Waals surface area (Å²) in [5, 5.41) is 11.7. The zero-order valence-electron chi connectivity index (χ0n) is 10.1. The van der Waals surface area contributed by atoms with Gasteiger partial charge in [-0.3, -0.25) is 0 Å². The third-order valence-corrected chi connectivity index (χ3v) is 3.36. The molecule has 2 heterocycles. The van der Waals surface area contributed by atoms with Crippen LogP contribution in [0.2, 0.25) is 0 Å². The summed E-state index contributed by atoms with van der Waals surface area (Å²) in [5.41, 5.74) is 0. The van der Waals surface area contributed by atoms with Crippen LogP contribution < -0.4 is 4.90 Å². The maximum Gasteiger partial charge on any atom is 0.136 e. The number of pyridine rings is 1. The van der Waals surface area contributed by atoms with Crippen LogP contribution in [0.5, 0.6) is 0 Å². The minimum atomic E-state index is -0.00273. The Morgan fingerprint density at radius 1 is 1.33 bits per heavy atom. The van der Waals surface area contributed by atoms with Crippen molar-refractivity contribution in [2.24, 2.45) is 0 Å². The van der Waals surface area contributed by atoms with Crippen LogP contribution in [0.25, 0.3) is 10.8 Å². The van der Waals surface area contributed by atoms with E-state index in [0.29, 0.717) is 13.2 Å². The molecule has 1 atom stereocenters. The third-order valence-electron chi connectivity index (χ3n) is 3.36. The van der Waals surface area contributed by atoms with Crippen molar-refractivity contribution in [1.82, 2.24) is 4.98 Å². The van der Waals surface area contributed by atoms with Crippen molar-refractivity contribution < 1.29 is 9.84 Å². The van der Waals surface area contributed by atoms with Crippen molar-refractivity contribution in [3.63, 3.8) is 0 Å². The summed E-state index contributed by atoms with van der Waals surface area (Å²) in [7, 11) is 0. The lowest BCUT2D eigenvalue weighted by atomic mass is 10.1. The molecule has 1 unspecified atom stereocenters. The highest BCUT2D eigenvalue weighted by atomic mass is 16.5. The summed E-state index contributed by atoms with van der Waals surface area (Å²) in [6, 6.07) is 10.2. The van der Waals surface area contributed by atoms with Gasteiger partial charge in [-0.15, -0.1) is 0 Å². The molecule has 94 valence electrons. The molecule has 1 aliphatic rings. The molecule has 1 aliphatic heterocycles. The standard InChI is InChI=1S/C14H16N2O2/c17-9-12-10-18-8-7-16(12)14-13-4-2-1-3-11(13)5-6-15-14/h1-6,12,17H,7-10H2. The molecule has 1 N–H and O–H groups in total. The van der Waals surface area contributed by atoms with Crippen molar-refractivity contribution in [3.05, 3.63) is 36.5 Å².